The maximum Gasteiger partial charge on any atom is 0.410 e. The van der Waals surface area contributed by atoms with Crippen molar-refractivity contribution in [2.24, 2.45) is 0 Å². The van der Waals surface area contributed by atoms with Crippen LogP contribution in [0.1, 0.15) is 37.6 Å². The maximum atomic E-state index is 12.5. The molecule has 4 rings (SSSR count). The summed E-state index contributed by atoms with van der Waals surface area (Å²) >= 11 is 0. The minimum absolute atomic E-state index is 0.309. The van der Waals surface area contributed by atoms with Crippen LogP contribution in [-0.4, -0.2) is 47.9 Å². The lowest BCUT2D eigenvalue weighted by Gasteiger charge is -2.31. The number of fused-ring (bicyclic) bond motifs is 3. The molecule has 9 nitrogen and oxygen atoms in total. The van der Waals surface area contributed by atoms with Gasteiger partial charge in [-0.2, -0.15) is 4.52 Å². The van der Waals surface area contributed by atoms with E-state index in [2.05, 4.69) is 20.3 Å². The monoisotopic (exact) mass is 382 g/mol. The van der Waals surface area contributed by atoms with Gasteiger partial charge in [0.05, 0.1) is 12.2 Å². The van der Waals surface area contributed by atoms with Gasteiger partial charge in [0.25, 0.3) is 0 Å². The summed E-state index contributed by atoms with van der Waals surface area (Å²) in [4.78, 5) is 18.4. The Labute approximate surface area is 162 Å². The Morgan fingerprint density at radius 2 is 2.11 bits per heavy atom. The number of nitrogens with zero attached hydrogens (tertiary/aromatic N) is 6. The Kier molecular flexibility index (Phi) is 4.58. The highest BCUT2D eigenvalue weighted by molar-refractivity contribution is 5.70. The van der Waals surface area contributed by atoms with Gasteiger partial charge >= 0.3 is 6.09 Å². The fourth-order valence-electron chi connectivity index (χ4n) is 3.09. The van der Waals surface area contributed by atoms with Gasteiger partial charge in [-0.15, -0.1) is 15.3 Å². The van der Waals surface area contributed by atoms with Crippen molar-refractivity contribution < 1.29 is 14.3 Å². The van der Waals surface area contributed by atoms with E-state index >= 15 is 0 Å². The zero-order chi connectivity index (χ0) is 19.7. The lowest BCUT2D eigenvalue weighted by atomic mass is 10.0. The number of amides is 1. The summed E-state index contributed by atoms with van der Waals surface area (Å²) in [5.74, 6) is 0.511. The molecule has 1 aliphatic rings. The molecule has 1 aliphatic heterocycles. The van der Waals surface area contributed by atoms with E-state index in [1.807, 2.05) is 39.0 Å². The highest BCUT2D eigenvalue weighted by Gasteiger charge is 2.30. The molecule has 4 heterocycles. The third-order valence-electron chi connectivity index (χ3n) is 4.34. The van der Waals surface area contributed by atoms with Crippen molar-refractivity contribution in [3.05, 3.63) is 47.5 Å². The van der Waals surface area contributed by atoms with Crippen molar-refractivity contribution in [2.45, 2.75) is 45.9 Å². The van der Waals surface area contributed by atoms with Gasteiger partial charge in [0, 0.05) is 23.9 Å². The largest absolute Gasteiger partial charge is 0.470 e. The molecule has 0 saturated heterocycles. The first-order valence-corrected chi connectivity index (χ1v) is 9.13. The summed E-state index contributed by atoms with van der Waals surface area (Å²) in [6.45, 7) is 6.76. The third-order valence-corrected chi connectivity index (χ3v) is 4.34. The number of aromatic nitrogens is 5. The normalized spacial score (nSPS) is 14.0. The molecule has 0 atom stereocenters. The first kappa shape index (κ1) is 18.1. The fourth-order valence-corrected chi connectivity index (χ4v) is 3.09. The van der Waals surface area contributed by atoms with Crippen LogP contribution in [0, 0.1) is 0 Å². The van der Waals surface area contributed by atoms with Gasteiger partial charge in [0.2, 0.25) is 5.88 Å². The van der Waals surface area contributed by atoms with Gasteiger partial charge in [0.1, 0.15) is 18.5 Å². The molecule has 0 spiro atoms. The van der Waals surface area contributed by atoms with E-state index in [1.54, 1.807) is 15.6 Å². The Hall–Kier alpha value is -3.23. The van der Waals surface area contributed by atoms with E-state index in [1.165, 1.54) is 6.33 Å². The lowest BCUT2D eigenvalue weighted by molar-refractivity contribution is 0.0223. The van der Waals surface area contributed by atoms with Crippen LogP contribution in [0.25, 0.3) is 5.65 Å². The molecule has 9 heteroatoms. The highest BCUT2D eigenvalue weighted by Crippen LogP contribution is 2.29. The second-order valence-electron chi connectivity index (χ2n) is 7.62. The van der Waals surface area contributed by atoms with Crippen LogP contribution in [0.5, 0.6) is 5.88 Å². The van der Waals surface area contributed by atoms with Crippen LogP contribution in [0.4, 0.5) is 4.79 Å². The number of pyridine rings is 1. The quantitative estimate of drug-likeness (QED) is 0.686. The van der Waals surface area contributed by atoms with Crippen LogP contribution in [0.3, 0.4) is 0 Å². The SMILES string of the molecule is CC(C)(C)OC(=O)N1CCc2c(OCc3ccccn3)nn3cnnc3c2C1. The molecule has 3 aromatic heterocycles. The Bertz CT molecular complexity index is 996. The molecule has 28 heavy (non-hydrogen) atoms. The number of hydrogen-bond donors (Lipinski definition) is 0. The smallest absolute Gasteiger partial charge is 0.410 e. The van der Waals surface area contributed by atoms with Gasteiger partial charge in [-0.05, 0) is 39.3 Å². The maximum absolute atomic E-state index is 12.5. The topological polar surface area (TPSA) is 94.7 Å². The number of ether oxygens (including phenoxy) is 2. The number of rotatable bonds is 3. The van der Waals surface area contributed by atoms with Crippen LogP contribution < -0.4 is 4.74 Å². The van der Waals surface area contributed by atoms with E-state index in [4.69, 9.17) is 9.47 Å². The van der Waals surface area contributed by atoms with Crippen LogP contribution in [0.2, 0.25) is 0 Å². The fraction of sp³-hybridized carbons (Fsp3) is 0.421. The summed E-state index contributed by atoms with van der Waals surface area (Å²) in [7, 11) is 0. The molecule has 0 aromatic carbocycles. The molecule has 0 bridgehead atoms. The summed E-state index contributed by atoms with van der Waals surface area (Å²) in [6, 6.07) is 5.67. The summed E-state index contributed by atoms with van der Waals surface area (Å²) in [6.07, 6.45) is 3.50. The summed E-state index contributed by atoms with van der Waals surface area (Å²) in [5.41, 5.74) is 2.70. The molecule has 0 unspecified atom stereocenters. The van der Waals surface area contributed by atoms with Crippen LogP contribution in [-0.2, 0) is 24.3 Å². The van der Waals surface area contributed by atoms with Crippen molar-refractivity contribution in [1.82, 2.24) is 29.7 Å². The molecule has 0 fully saturated rings. The molecule has 0 saturated carbocycles. The van der Waals surface area contributed by atoms with Gasteiger partial charge in [-0.3, -0.25) is 4.98 Å². The van der Waals surface area contributed by atoms with Crippen LogP contribution in [0.15, 0.2) is 30.7 Å². The summed E-state index contributed by atoms with van der Waals surface area (Å²) in [5, 5.41) is 12.6. The minimum Gasteiger partial charge on any atom is -0.470 e. The van der Waals surface area contributed by atoms with Crippen molar-refractivity contribution in [3.8, 4) is 5.88 Å². The second-order valence-corrected chi connectivity index (χ2v) is 7.62. The minimum atomic E-state index is -0.545. The highest BCUT2D eigenvalue weighted by atomic mass is 16.6. The first-order chi connectivity index (χ1) is 13.4. The zero-order valence-electron chi connectivity index (χ0n) is 16.1. The second kappa shape index (κ2) is 7.06. The van der Waals surface area contributed by atoms with E-state index in [0.717, 1.165) is 16.8 Å². The Morgan fingerprint density at radius 3 is 2.86 bits per heavy atom. The molecule has 0 radical (unpaired) electrons. The van der Waals surface area contributed by atoms with Gasteiger partial charge in [0.15, 0.2) is 5.65 Å². The number of carbonyl (C=O) groups excluding carboxylic acids is 1. The van der Waals surface area contributed by atoms with Gasteiger partial charge in [-0.1, -0.05) is 6.07 Å². The first-order valence-electron chi connectivity index (χ1n) is 9.13. The zero-order valence-corrected chi connectivity index (χ0v) is 16.1. The Balaban J connectivity index is 1.62. The van der Waals surface area contributed by atoms with Crippen LogP contribution >= 0.6 is 0 Å². The predicted octanol–water partition coefficient (Wildman–Crippen LogP) is 2.39. The van der Waals surface area contributed by atoms with Crippen molar-refractivity contribution >= 4 is 11.7 Å². The van der Waals surface area contributed by atoms with Gasteiger partial charge < -0.3 is 14.4 Å². The van der Waals surface area contributed by atoms with Crippen molar-refractivity contribution in [2.75, 3.05) is 6.54 Å². The molecule has 3 aromatic rings. The van der Waals surface area contributed by atoms with E-state index in [-0.39, 0.29) is 6.09 Å². The van der Waals surface area contributed by atoms with Crippen molar-refractivity contribution in [3.63, 3.8) is 0 Å². The number of hydrogen-bond acceptors (Lipinski definition) is 7. The molecular weight excluding hydrogens is 360 g/mol. The molecular formula is C19H22N6O3. The molecule has 0 N–H and O–H groups in total. The molecule has 1 amide bonds. The van der Waals surface area contributed by atoms with E-state index in [9.17, 15) is 4.79 Å². The van der Waals surface area contributed by atoms with E-state index in [0.29, 0.717) is 37.6 Å². The van der Waals surface area contributed by atoms with Crippen molar-refractivity contribution in [1.29, 1.82) is 0 Å². The predicted molar refractivity (Wildman–Crippen MR) is 99.7 cm³/mol. The number of carbonyl (C=O) groups is 1. The average molecular weight is 382 g/mol. The summed E-state index contributed by atoms with van der Waals surface area (Å²) < 4.78 is 13.0. The molecule has 0 aliphatic carbocycles. The van der Waals surface area contributed by atoms with E-state index < -0.39 is 5.60 Å². The third kappa shape index (κ3) is 3.73. The lowest BCUT2D eigenvalue weighted by Crippen LogP contribution is -2.40. The van der Waals surface area contributed by atoms with Gasteiger partial charge in [-0.25, -0.2) is 4.79 Å². The average Bonchev–Trinajstić information content (AvgIpc) is 3.14. The Morgan fingerprint density at radius 1 is 1.25 bits per heavy atom. The molecule has 146 valence electrons. The standard InChI is InChI=1S/C19H22N6O3/c1-19(2,3)28-18(26)24-9-7-14-15(10-24)16-22-21-12-25(16)23-17(14)27-11-13-6-4-5-8-20-13/h4-6,8,12H,7,9-11H2,1-3H3.